The van der Waals surface area contributed by atoms with Crippen molar-refractivity contribution < 1.29 is 4.79 Å². The Morgan fingerprint density at radius 3 is 2.94 bits per heavy atom. The summed E-state index contributed by atoms with van der Waals surface area (Å²) in [6.45, 7) is 4.04. The maximum absolute atomic E-state index is 12.0. The molecule has 16 heavy (non-hydrogen) atoms. The van der Waals surface area contributed by atoms with Gasteiger partial charge in [0.1, 0.15) is 0 Å². The number of anilines is 1. The maximum atomic E-state index is 12.0. The minimum Gasteiger partial charge on any atom is -0.398 e. The highest BCUT2D eigenvalue weighted by Gasteiger charge is 2.36. The molecular weight excluding hydrogens is 200 g/mol. The number of carbonyl (C=O) groups excluding carboxylic acids is 1. The first-order chi connectivity index (χ1) is 7.63. The smallest absolute Gasteiger partial charge is 0.251 e. The average Bonchev–Trinajstić information content (AvgIpc) is 3.00. The van der Waals surface area contributed by atoms with Crippen molar-refractivity contribution in [1.29, 1.82) is 0 Å². The van der Waals surface area contributed by atoms with Crippen LogP contribution in [-0.2, 0) is 0 Å². The Labute approximate surface area is 96.0 Å². The average molecular weight is 218 g/mol. The van der Waals surface area contributed by atoms with Crippen LogP contribution >= 0.6 is 0 Å². The Bertz CT molecular complexity index is 414. The first-order valence-electron chi connectivity index (χ1n) is 5.79. The van der Waals surface area contributed by atoms with Crippen molar-refractivity contribution in [1.82, 2.24) is 5.32 Å². The van der Waals surface area contributed by atoms with Crippen LogP contribution in [0.1, 0.15) is 35.7 Å². The monoisotopic (exact) mass is 218 g/mol. The number of hydrogen-bond acceptors (Lipinski definition) is 2. The van der Waals surface area contributed by atoms with Gasteiger partial charge in [0.05, 0.1) is 0 Å². The minimum absolute atomic E-state index is 0.00532. The number of hydrogen-bond donors (Lipinski definition) is 2. The van der Waals surface area contributed by atoms with Gasteiger partial charge >= 0.3 is 0 Å². The predicted octanol–water partition coefficient (Wildman–Crippen LogP) is 2.11. The molecule has 0 aromatic heterocycles. The van der Waals surface area contributed by atoms with Crippen molar-refractivity contribution >= 4 is 11.6 Å². The number of nitrogens with two attached hydrogens (primary N) is 1. The van der Waals surface area contributed by atoms with E-state index in [-0.39, 0.29) is 5.91 Å². The molecule has 3 N–H and O–H groups in total. The summed E-state index contributed by atoms with van der Waals surface area (Å²) in [6, 6.07) is 5.84. The summed E-state index contributed by atoms with van der Waals surface area (Å²) in [4.78, 5) is 12.0. The molecule has 1 aliphatic rings. The molecule has 2 unspecified atom stereocenters. The third-order valence-electron chi connectivity index (χ3n) is 3.38. The van der Waals surface area contributed by atoms with Gasteiger partial charge in [-0.05, 0) is 37.0 Å². The predicted molar refractivity (Wildman–Crippen MR) is 65.2 cm³/mol. The molecule has 3 heteroatoms. The van der Waals surface area contributed by atoms with E-state index in [4.69, 9.17) is 5.73 Å². The number of amides is 1. The molecule has 1 aromatic carbocycles. The Kier molecular flexibility index (Phi) is 2.86. The van der Waals surface area contributed by atoms with Crippen LogP contribution in [-0.4, -0.2) is 11.9 Å². The first-order valence-corrected chi connectivity index (χ1v) is 5.79. The van der Waals surface area contributed by atoms with Gasteiger partial charge in [0.2, 0.25) is 0 Å². The zero-order valence-electron chi connectivity index (χ0n) is 9.79. The minimum atomic E-state index is 0.00532. The van der Waals surface area contributed by atoms with Crippen LogP contribution in [0.5, 0.6) is 0 Å². The highest BCUT2D eigenvalue weighted by atomic mass is 16.1. The fourth-order valence-corrected chi connectivity index (χ4v) is 2.02. The lowest BCUT2D eigenvalue weighted by Gasteiger charge is -2.08. The second kappa shape index (κ2) is 4.16. The van der Waals surface area contributed by atoms with Gasteiger partial charge in [0.15, 0.2) is 0 Å². The van der Waals surface area contributed by atoms with Crippen LogP contribution in [0.15, 0.2) is 18.2 Å². The lowest BCUT2D eigenvalue weighted by molar-refractivity contribution is 0.0948. The zero-order chi connectivity index (χ0) is 11.7. The second-order valence-corrected chi connectivity index (χ2v) is 4.50. The van der Waals surface area contributed by atoms with E-state index < -0.39 is 0 Å². The topological polar surface area (TPSA) is 55.1 Å². The van der Waals surface area contributed by atoms with Gasteiger partial charge in [-0.2, -0.15) is 0 Å². The van der Waals surface area contributed by atoms with Gasteiger partial charge in [-0.3, -0.25) is 4.79 Å². The van der Waals surface area contributed by atoms with Crippen LogP contribution in [0, 0.1) is 12.8 Å². The number of nitrogen functional groups attached to an aromatic ring is 1. The molecule has 0 heterocycles. The van der Waals surface area contributed by atoms with Gasteiger partial charge in [-0.25, -0.2) is 0 Å². The second-order valence-electron chi connectivity index (χ2n) is 4.50. The summed E-state index contributed by atoms with van der Waals surface area (Å²) in [5, 5.41) is 3.04. The van der Waals surface area contributed by atoms with Crippen LogP contribution in [0.4, 0.5) is 5.69 Å². The molecule has 1 fully saturated rings. The lowest BCUT2D eigenvalue weighted by Crippen LogP contribution is -2.27. The van der Waals surface area contributed by atoms with Crippen LogP contribution < -0.4 is 11.1 Å². The maximum Gasteiger partial charge on any atom is 0.251 e. The fraction of sp³-hybridized carbons (Fsp3) is 0.462. The molecule has 0 spiro atoms. The molecule has 1 aromatic rings. The molecule has 2 rings (SSSR count). The van der Waals surface area contributed by atoms with Crippen molar-refractivity contribution in [2.45, 2.75) is 32.7 Å². The Morgan fingerprint density at radius 2 is 2.31 bits per heavy atom. The van der Waals surface area contributed by atoms with Gasteiger partial charge in [-0.15, -0.1) is 0 Å². The largest absolute Gasteiger partial charge is 0.398 e. The quantitative estimate of drug-likeness (QED) is 0.763. The molecule has 0 saturated heterocycles. The summed E-state index contributed by atoms with van der Waals surface area (Å²) in [5.41, 5.74) is 8.02. The van der Waals surface area contributed by atoms with E-state index in [1.807, 2.05) is 25.1 Å². The van der Waals surface area contributed by atoms with E-state index in [9.17, 15) is 4.79 Å². The molecule has 0 bridgehead atoms. The summed E-state index contributed by atoms with van der Waals surface area (Å²) in [6.07, 6.45) is 2.25. The summed E-state index contributed by atoms with van der Waals surface area (Å²) in [5.74, 6) is 0.677. The van der Waals surface area contributed by atoms with E-state index in [2.05, 4.69) is 12.2 Å². The normalized spacial score (nSPS) is 22.9. The molecule has 86 valence electrons. The third kappa shape index (κ3) is 2.03. The Morgan fingerprint density at radius 1 is 1.56 bits per heavy atom. The SMILES string of the molecule is CCC1CC1NC(=O)c1cccc(N)c1C. The highest BCUT2D eigenvalue weighted by Crippen LogP contribution is 2.33. The summed E-state index contributed by atoms with van der Waals surface area (Å²) in [7, 11) is 0. The van der Waals surface area contributed by atoms with Crippen LogP contribution in [0.2, 0.25) is 0 Å². The van der Waals surface area contributed by atoms with Crippen molar-refractivity contribution in [3.05, 3.63) is 29.3 Å². The van der Waals surface area contributed by atoms with Gasteiger partial charge in [0.25, 0.3) is 5.91 Å². The zero-order valence-corrected chi connectivity index (χ0v) is 9.79. The first kappa shape index (κ1) is 11.0. The van der Waals surface area contributed by atoms with E-state index in [1.54, 1.807) is 0 Å². The van der Waals surface area contributed by atoms with E-state index >= 15 is 0 Å². The number of rotatable bonds is 3. The van der Waals surface area contributed by atoms with Crippen molar-refractivity contribution in [2.24, 2.45) is 5.92 Å². The third-order valence-corrected chi connectivity index (χ3v) is 3.38. The van der Waals surface area contributed by atoms with Crippen LogP contribution in [0.25, 0.3) is 0 Å². The van der Waals surface area contributed by atoms with Gasteiger partial charge in [0, 0.05) is 17.3 Å². The molecule has 3 nitrogen and oxygen atoms in total. The van der Waals surface area contributed by atoms with Gasteiger partial charge < -0.3 is 11.1 Å². The van der Waals surface area contributed by atoms with E-state index in [0.29, 0.717) is 23.2 Å². The summed E-state index contributed by atoms with van der Waals surface area (Å²) < 4.78 is 0. The molecule has 1 amide bonds. The molecule has 0 radical (unpaired) electrons. The molecule has 2 atom stereocenters. The number of benzene rings is 1. The number of carbonyl (C=O) groups is 1. The standard InChI is InChI=1S/C13H18N2O/c1-3-9-7-12(9)15-13(16)10-5-4-6-11(14)8(10)2/h4-6,9,12H,3,7,14H2,1-2H3,(H,15,16). The fourth-order valence-electron chi connectivity index (χ4n) is 2.02. The lowest BCUT2D eigenvalue weighted by atomic mass is 10.1. The van der Waals surface area contributed by atoms with Crippen molar-refractivity contribution in [2.75, 3.05) is 5.73 Å². The molecular formula is C13H18N2O. The van der Waals surface area contributed by atoms with E-state index in [1.165, 1.54) is 0 Å². The van der Waals surface area contributed by atoms with Crippen molar-refractivity contribution in [3.63, 3.8) is 0 Å². The Hall–Kier alpha value is -1.51. The molecule has 1 saturated carbocycles. The molecule has 1 aliphatic carbocycles. The molecule has 0 aliphatic heterocycles. The highest BCUT2D eigenvalue weighted by molar-refractivity contribution is 5.97. The van der Waals surface area contributed by atoms with Crippen LogP contribution in [0.3, 0.4) is 0 Å². The summed E-state index contributed by atoms with van der Waals surface area (Å²) >= 11 is 0. The van der Waals surface area contributed by atoms with E-state index in [0.717, 1.165) is 18.4 Å². The number of nitrogens with one attached hydrogen (secondary N) is 1. The van der Waals surface area contributed by atoms with Crippen molar-refractivity contribution in [3.8, 4) is 0 Å². The van der Waals surface area contributed by atoms with Gasteiger partial charge in [-0.1, -0.05) is 19.4 Å². The Balaban J connectivity index is 2.07.